The number of carbonyl (C=O) groups is 2. The standard InChI is InChI=1S/C14H22N2O2S2/c1-4-7-15(8-5-2)12(17)10-11-13(18)16(9-6-3)14(19)20-11/h6,11H,3-5,7-10H2,1-2H3. The third-order valence-corrected chi connectivity index (χ3v) is 4.60. The average Bonchev–Trinajstić information content (AvgIpc) is 2.66. The lowest BCUT2D eigenvalue weighted by Gasteiger charge is -2.22. The molecule has 0 aromatic rings. The van der Waals surface area contributed by atoms with E-state index in [1.165, 1.54) is 16.7 Å². The van der Waals surface area contributed by atoms with E-state index in [9.17, 15) is 9.59 Å². The fraction of sp³-hybridized carbons (Fsp3) is 0.643. The van der Waals surface area contributed by atoms with Crippen molar-refractivity contribution in [2.45, 2.75) is 38.4 Å². The van der Waals surface area contributed by atoms with Crippen LogP contribution in [0.3, 0.4) is 0 Å². The molecule has 1 heterocycles. The van der Waals surface area contributed by atoms with Gasteiger partial charge in [0.05, 0.1) is 5.25 Å². The normalized spacial score (nSPS) is 18.5. The van der Waals surface area contributed by atoms with Gasteiger partial charge >= 0.3 is 0 Å². The maximum atomic E-state index is 12.3. The molecule has 1 rings (SSSR count). The first kappa shape index (κ1) is 17.2. The first-order chi connectivity index (χ1) is 9.54. The summed E-state index contributed by atoms with van der Waals surface area (Å²) in [5.74, 6) is -0.0241. The monoisotopic (exact) mass is 314 g/mol. The molecule has 1 aliphatic rings. The van der Waals surface area contributed by atoms with Crippen LogP contribution in [0.4, 0.5) is 0 Å². The van der Waals surface area contributed by atoms with Gasteiger partial charge in [-0.15, -0.1) is 6.58 Å². The molecule has 1 aliphatic heterocycles. The molecular weight excluding hydrogens is 292 g/mol. The largest absolute Gasteiger partial charge is 0.343 e. The zero-order valence-electron chi connectivity index (χ0n) is 12.1. The molecule has 2 amide bonds. The van der Waals surface area contributed by atoms with Crippen molar-refractivity contribution in [1.29, 1.82) is 0 Å². The fourth-order valence-corrected chi connectivity index (χ4v) is 3.61. The van der Waals surface area contributed by atoms with Crippen LogP contribution in [-0.2, 0) is 9.59 Å². The summed E-state index contributed by atoms with van der Waals surface area (Å²) in [7, 11) is 0. The predicted molar refractivity (Wildman–Crippen MR) is 87.7 cm³/mol. The molecule has 6 heteroatoms. The summed E-state index contributed by atoms with van der Waals surface area (Å²) in [6, 6.07) is 0. The highest BCUT2D eigenvalue weighted by Crippen LogP contribution is 2.29. The molecule has 4 nitrogen and oxygen atoms in total. The average molecular weight is 314 g/mol. The van der Waals surface area contributed by atoms with E-state index in [4.69, 9.17) is 12.2 Å². The highest BCUT2D eigenvalue weighted by Gasteiger charge is 2.37. The van der Waals surface area contributed by atoms with Gasteiger partial charge in [-0.1, -0.05) is 43.9 Å². The number of thiocarbonyl (C=S) groups is 1. The van der Waals surface area contributed by atoms with Crippen LogP contribution in [0.25, 0.3) is 0 Å². The van der Waals surface area contributed by atoms with Crippen molar-refractivity contribution in [2.24, 2.45) is 0 Å². The van der Waals surface area contributed by atoms with Crippen molar-refractivity contribution in [3.8, 4) is 0 Å². The summed E-state index contributed by atoms with van der Waals surface area (Å²) < 4.78 is 0.547. The van der Waals surface area contributed by atoms with E-state index in [0.29, 0.717) is 10.9 Å². The van der Waals surface area contributed by atoms with Crippen LogP contribution in [0.1, 0.15) is 33.1 Å². The summed E-state index contributed by atoms with van der Waals surface area (Å²) in [4.78, 5) is 27.8. The van der Waals surface area contributed by atoms with Gasteiger partial charge in [0, 0.05) is 26.1 Å². The Morgan fingerprint density at radius 1 is 1.45 bits per heavy atom. The Kier molecular flexibility index (Phi) is 7.23. The predicted octanol–water partition coefficient (Wildman–Crippen LogP) is 2.44. The van der Waals surface area contributed by atoms with E-state index in [1.807, 2.05) is 18.7 Å². The number of nitrogens with zero attached hydrogens (tertiary/aromatic N) is 2. The molecule has 1 fully saturated rings. The highest BCUT2D eigenvalue weighted by atomic mass is 32.2. The van der Waals surface area contributed by atoms with E-state index in [1.54, 1.807) is 6.08 Å². The molecule has 0 aliphatic carbocycles. The molecule has 1 unspecified atom stereocenters. The lowest BCUT2D eigenvalue weighted by molar-refractivity contribution is -0.134. The number of thioether (sulfide) groups is 1. The van der Waals surface area contributed by atoms with Gasteiger partial charge < -0.3 is 4.90 Å². The molecular formula is C14H22N2O2S2. The minimum absolute atomic E-state index is 0.0443. The zero-order valence-corrected chi connectivity index (χ0v) is 13.8. The molecule has 0 saturated carbocycles. The second-order valence-corrected chi connectivity index (χ2v) is 6.53. The van der Waals surface area contributed by atoms with Gasteiger partial charge in [0.25, 0.3) is 0 Å². The number of hydrogen-bond acceptors (Lipinski definition) is 4. The van der Waals surface area contributed by atoms with Gasteiger partial charge in [-0.05, 0) is 12.8 Å². The Hall–Kier alpha value is -0.880. The van der Waals surface area contributed by atoms with E-state index in [-0.39, 0.29) is 23.5 Å². The molecule has 0 N–H and O–H groups in total. The Morgan fingerprint density at radius 2 is 2.05 bits per heavy atom. The third-order valence-electron chi connectivity index (χ3n) is 3.02. The van der Waals surface area contributed by atoms with E-state index >= 15 is 0 Å². The quantitative estimate of drug-likeness (QED) is 0.510. The van der Waals surface area contributed by atoms with Crippen LogP contribution >= 0.6 is 24.0 Å². The summed E-state index contributed by atoms with van der Waals surface area (Å²) in [5, 5.41) is -0.369. The lowest BCUT2D eigenvalue weighted by Crippen LogP contribution is -2.37. The van der Waals surface area contributed by atoms with Gasteiger partial charge in [-0.3, -0.25) is 14.5 Å². The van der Waals surface area contributed by atoms with Crippen molar-refractivity contribution in [3.05, 3.63) is 12.7 Å². The lowest BCUT2D eigenvalue weighted by atomic mass is 10.2. The Bertz CT molecular complexity index is 393. The molecule has 1 atom stereocenters. The zero-order chi connectivity index (χ0) is 15.1. The first-order valence-electron chi connectivity index (χ1n) is 6.95. The van der Waals surface area contributed by atoms with Gasteiger partial charge in [-0.25, -0.2) is 0 Å². The highest BCUT2D eigenvalue weighted by molar-refractivity contribution is 8.24. The van der Waals surface area contributed by atoms with E-state index in [2.05, 4.69) is 6.58 Å². The van der Waals surface area contributed by atoms with Crippen LogP contribution in [0.5, 0.6) is 0 Å². The molecule has 1 saturated heterocycles. The van der Waals surface area contributed by atoms with Gasteiger partial charge in [0.15, 0.2) is 0 Å². The SMILES string of the molecule is C=CCN1C(=O)C(CC(=O)N(CCC)CCC)SC1=S. The van der Waals surface area contributed by atoms with Gasteiger partial charge in [-0.2, -0.15) is 0 Å². The third kappa shape index (κ3) is 4.31. The molecule has 112 valence electrons. The second kappa shape index (κ2) is 8.42. The summed E-state index contributed by atoms with van der Waals surface area (Å²) in [6.45, 7) is 9.63. The van der Waals surface area contributed by atoms with Crippen LogP contribution in [-0.4, -0.2) is 50.8 Å². The van der Waals surface area contributed by atoms with Crippen molar-refractivity contribution in [2.75, 3.05) is 19.6 Å². The van der Waals surface area contributed by atoms with Crippen molar-refractivity contribution >= 4 is 40.1 Å². The number of amides is 2. The maximum Gasteiger partial charge on any atom is 0.242 e. The van der Waals surface area contributed by atoms with Crippen molar-refractivity contribution < 1.29 is 9.59 Å². The molecule has 0 spiro atoms. The number of hydrogen-bond donors (Lipinski definition) is 0. The summed E-state index contributed by atoms with van der Waals surface area (Å²) >= 11 is 6.49. The number of rotatable bonds is 8. The van der Waals surface area contributed by atoms with E-state index in [0.717, 1.165) is 25.9 Å². The maximum absolute atomic E-state index is 12.3. The van der Waals surface area contributed by atoms with Crippen LogP contribution < -0.4 is 0 Å². The van der Waals surface area contributed by atoms with Crippen LogP contribution in [0.2, 0.25) is 0 Å². The second-order valence-electron chi connectivity index (χ2n) is 4.69. The minimum atomic E-state index is -0.369. The Morgan fingerprint density at radius 3 is 2.55 bits per heavy atom. The molecule has 0 aromatic heterocycles. The minimum Gasteiger partial charge on any atom is -0.343 e. The first-order valence-corrected chi connectivity index (χ1v) is 8.24. The van der Waals surface area contributed by atoms with Crippen LogP contribution in [0, 0.1) is 0 Å². The summed E-state index contributed by atoms with van der Waals surface area (Å²) in [5.41, 5.74) is 0. The smallest absolute Gasteiger partial charge is 0.242 e. The van der Waals surface area contributed by atoms with E-state index < -0.39 is 0 Å². The summed E-state index contributed by atoms with van der Waals surface area (Å²) in [6.07, 6.45) is 3.74. The Labute approximate surface area is 130 Å². The van der Waals surface area contributed by atoms with Gasteiger partial charge in [0.1, 0.15) is 4.32 Å². The van der Waals surface area contributed by atoms with Crippen LogP contribution in [0.15, 0.2) is 12.7 Å². The Balaban J connectivity index is 2.63. The molecule has 0 radical (unpaired) electrons. The topological polar surface area (TPSA) is 40.6 Å². The van der Waals surface area contributed by atoms with Gasteiger partial charge in [0.2, 0.25) is 11.8 Å². The molecule has 20 heavy (non-hydrogen) atoms. The molecule has 0 aromatic carbocycles. The molecule has 0 bridgehead atoms. The number of carbonyl (C=O) groups excluding carboxylic acids is 2. The van der Waals surface area contributed by atoms with Crippen molar-refractivity contribution in [1.82, 2.24) is 9.80 Å². The van der Waals surface area contributed by atoms with Crippen molar-refractivity contribution in [3.63, 3.8) is 0 Å². The fourth-order valence-electron chi connectivity index (χ4n) is 2.11.